The van der Waals surface area contributed by atoms with Gasteiger partial charge in [-0.1, -0.05) is 61.4 Å². The van der Waals surface area contributed by atoms with Gasteiger partial charge in [0.25, 0.3) is 0 Å². The molecule has 0 aliphatic rings. The number of thiocarbonyl (C=S) groups is 2. The van der Waals surface area contributed by atoms with Gasteiger partial charge in [0, 0.05) is 13.1 Å². The summed E-state index contributed by atoms with van der Waals surface area (Å²) in [5.41, 5.74) is 7.98. The molecule has 0 saturated heterocycles. The van der Waals surface area contributed by atoms with Gasteiger partial charge in [0.15, 0.2) is 0 Å². The molecule has 0 radical (unpaired) electrons. The van der Waals surface area contributed by atoms with Crippen LogP contribution in [-0.4, -0.2) is 28.0 Å². The Morgan fingerprint density at radius 3 is 2.37 bits per heavy atom. The average molecular weight is 292 g/mol. The lowest BCUT2D eigenvalue weighted by atomic mass is 9.93. The Balaban J connectivity index is 3.25. The number of hydrogen-bond donors (Lipinski definition) is 1. The molecule has 2 nitrogen and oxygen atoms in total. The fourth-order valence-electron chi connectivity index (χ4n) is 2.09. The van der Waals surface area contributed by atoms with Gasteiger partial charge in [-0.3, -0.25) is 0 Å². The minimum Gasteiger partial charge on any atom is -0.392 e. The normalized spacial score (nSPS) is 11.7. The predicted molar refractivity (Wildman–Crippen MR) is 91.6 cm³/mol. The van der Waals surface area contributed by atoms with Crippen LogP contribution in [0.25, 0.3) is 6.08 Å². The maximum absolute atomic E-state index is 5.92. The first kappa shape index (κ1) is 15.8. The van der Waals surface area contributed by atoms with Crippen molar-refractivity contribution in [3.8, 4) is 0 Å². The van der Waals surface area contributed by atoms with Crippen molar-refractivity contribution in [1.29, 1.82) is 0 Å². The molecule has 4 heteroatoms. The van der Waals surface area contributed by atoms with E-state index in [2.05, 4.69) is 25.3 Å². The molecule has 0 aromatic heterocycles. The zero-order chi connectivity index (χ0) is 14.4. The third kappa shape index (κ3) is 3.61. The Labute approximate surface area is 126 Å². The van der Waals surface area contributed by atoms with Crippen LogP contribution in [0, 0.1) is 0 Å². The summed E-state index contributed by atoms with van der Waals surface area (Å²) >= 11 is 10.8. The quantitative estimate of drug-likeness (QED) is 0.814. The van der Waals surface area contributed by atoms with Crippen LogP contribution in [-0.2, 0) is 0 Å². The fourth-order valence-corrected chi connectivity index (χ4v) is 2.91. The Morgan fingerprint density at radius 1 is 1.32 bits per heavy atom. The lowest BCUT2D eigenvalue weighted by Gasteiger charge is -2.28. The van der Waals surface area contributed by atoms with Crippen molar-refractivity contribution in [2.75, 3.05) is 13.1 Å². The minimum absolute atomic E-state index is 0.209. The van der Waals surface area contributed by atoms with E-state index in [4.69, 9.17) is 30.2 Å². The summed E-state index contributed by atoms with van der Waals surface area (Å²) < 4.78 is 0. The SMILES string of the molecule is C=Cc1ccccc1C(C(N)=S)C(=S)N(CC)CC. The molecule has 1 aromatic carbocycles. The number of likely N-dealkylation sites (N-methyl/N-ethyl adjacent to an activating group) is 1. The lowest BCUT2D eigenvalue weighted by Crippen LogP contribution is -2.38. The van der Waals surface area contributed by atoms with Crippen LogP contribution in [0.2, 0.25) is 0 Å². The van der Waals surface area contributed by atoms with E-state index in [1.54, 1.807) is 0 Å². The molecule has 0 bridgehead atoms. The Kier molecular flexibility index (Phi) is 6.12. The van der Waals surface area contributed by atoms with Gasteiger partial charge < -0.3 is 10.6 Å². The number of benzene rings is 1. The second kappa shape index (κ2) is 7.36. The Morgan fingerprint density at radius 2 is 1.89 bits per heavy atom. The third-order valence-electron chi connectivity index (χ3n) is 3.13. The van der Waals surface area contributed by atoms with Crippen LogP contribution >= 0.6 is 24.4 Å². The van der Waals surface area contributed by atoms with Gasteiger partial charge in [-0.2, -0.15) is 0 Å². The number of rotatable bonds is 6. The maximum atomic E-state index is 5.92. The van der Waals surface area contributed by atoms with Crippen molar-refractivity contribution in [1.82, 2.24) is 4.90 Å². The minimum atomic E-state index is -0.209. The monoisotopic (exact) mass is 292 g/mol. The Bertz CT molecular complexity index is 479. The largest absolute Gasteiger partial charge is 0.392 e. The smallest absolute Gasteiger partial charge is 0.0924 e. The van der Waals surface area contributed by atoms with Crippen LogP contribution in [0.1, 0.15) is 30.9 Å². The summed E-state index contributed by atoms with van der Waals surface area (Å²) in [7, 11) is 0. The molecule has 0 aliphatic carbocycles. The molecule has 0 amide bonds. The molecule has 0 saturated carbocycles. The second-order valence-corrected chi connectivity index (χ2v) is 5.07. The van der Waals surface area contributed by atoms with Crippen molar-refractivity contribution in [3.63, 3.8) is 0 Å². The van der Waals surface area contributed by atoms with Crippen LogP contribution in [0.15, 0.2) is 30.8 Å². The van der Waals surface area contributed by atoms with Gasteiger partial charge >= 0.3 is 0 Å². The summed E-state index contributed by atoms with van der Waals surface area (Å²) in [5, 5.41) is 0. The van der Waals surface area contributed by atoms with E-state index in [0.717, 1.165) is 29.2 Å². The number of nitrogens with two attached hydrogens (primary N) is 1. The van der Waals surface area contributed by atoms with Crippen molar-refractivity contribution >= 4 is 40.5 Å². The second-order valence-electron chi connectivity index (χ2n) is 4.18. The highest BCUT2D eigenvalue weighted by Gasteiger charge is 2.24. The zero-order valence-corrected chi connectivity index (χ0v) is 13.1. The maximum Gasteiger partial charge on any atom is 0.0924 e. The molecule has 1 aromatic rings. The summed E-state index contributed by atoms with van der Waals surface area (Å²) in [6, 6.07) is 7.95. The molecule has 1 atom stereocenters. The molecular formula is C15H20N2S2. The molecule has 0 spiro atoms. The van der Waals surface area contributed by atoms with Gasteiger partial charge in [0.1, 0.15) is 0 Å². The Hall–Kier alpha value is -1.26. The number of nitrogens with zero attached hydrogens (tertiary/aromatic N) is 1. The summed E-state index contributed by atoms with van der Waals surface area (Å²) in [5.74, 6) is -0.209. The fraction of sp³-hybridized carbons (Fsp3) is 0.333. The van der Waals surface area contributed by atoms with Gasteiger partial charge in [0.2, 0.25) is 0 Å². The topological polar surface area (TPSA) is 29.3 Å². The summed E-state index contributed by atoms with van der Waals surface area (Å²) in [4.78, 5) is 3.30. The first-order chi connectivity index (χ1) is 9.06. The van der Waals surface area contributed by atoms with Gasteiger partial charge in [-0.25, -0.2) is 0 Å². The highest BCUT2D eigenvalue weighted by atomic mass is 32.1. The molecule has 0 aliphatic heterocycles. The molecule has 0 fully saturated rings. The third-order valence-corrected chi connectivity index (χ3v) is 3.86. The van der Waals surface area contributed by atoms with E-state index >= 15 is 0 Å². The predicted octanol–water partition coefficient (Wildman–Crippen LogP) is 3.37. The van der Waals surface area contributed by atoms with Crippen molar-refractivity contribution in [3.05, 3.63) is 42.0 Å². The van der Waals surface area contributed by atoms with E-state index in [9.17, 15) is 0 Å². The highest BCUT2D eigenvalue weighted by Crippen LogP contribution is 2.25. The zero-order valence-electron chi connectivity index (χ0n) is 11.4. The van der Waals surface area contributed by atoms with Crippen LogP contribution in [0.3, 0.4) is 0 Å². The van der Waals surface area contributed by atoms with E-state index in [1.165, 1.54) is 0 Å². The summed E-state index contributed by atoms with van der Waals surface area (Å²) in [6.45, 7) is 9.69. The first-order valence-electron chi connectivity index (χ1n) is 6.36. The molecule has 19 heavy (non-hydrogen) atoms. The van der Waals surface area contributed by atoms with Gasteiger partial charge in [-0.05, 0) is 25.0 Å². The van der Waals surface area contributed by atoms with Crippen molar-refractivity contribution in [2.24, 2.45) is 5.73 Å². The average Bonchev–Trinajstić information content (AvgIpc) is 2.40. The molecule has 1 rings (SSSR count). The molecule has 102 valence electrons. The number of hydrogen-bond acceptors (Lipinski definition) is 2. The molecular weight excluding hydrogens is 272 g/mol. The molecule has 2 N–H and O–H groups in total. The van der Waals surface area contributed by atoms with Crippen molar-refractivity contribution < 1.29 is 0 Å². The van der Waals surface area contributed by atoms with Crippen molar-refractivity contribution in [2.45, 2.75) is 19.8 Å². The summed E-state index contributed by atoms with van der Waals surface area (Å²) in [6.07, 6.45) is 1.81. The van der Waals surface area contributed by atoms with Gasteiger partial charge in [0.05, 0.1) is 15.9 Å². The van der Waals surface area contributed by atoms with E-state index in [0.29, 0.717) is 4.99 Å². The highest BCUT2D eigenvalue weighted by molar-refractivity contribution is 7.82. The van der Waals surface area contributed by atoms with Crippen LogP contribution in [0.4, 0.5) is 0 Å². The van der Waals surface area contributed by atoms with Crippen LogP contribution < -0.4 is 5.73 Å². The van der Waals surface area contributed by atoms with Gasteiger partial charge in [-0.15, -0.1) is 0 Å². The van der Waals surface area contributed by atoms with E-state index < -0.39 is 0 Å². The lowest BCUT2D eigenvalue weighted by molar-refractivity contribution is 0.465. The van der Waals surface area contributed by atoms with E-state index in [1.807, 2.05) is 30.3 Å². The molecule has 1 unspecified atom stereocenters. The standard InChI is InChI=1S/C15H20N2S2/c1-4-11-9-7-8-10-12(11)13(14(16)18)15(19)17(5-2)6-3/h4,7-10,13H,1,5-6H2,2-3H3,(H2,16,18). The molecule has 0 heterocycles. The van der Waals surface area contributed by atoms with E-state index in [-0.39, 0.29) is 5.92 Å². The van der Waals surface area contributed by atoms with Crippen LogP contribution in [0.5, 0.6) is 0 Å². The first-order valence-corrected chi connectivity index (χ1v) is 7.17.